The maximum absolute atomic E-state index is 12.0. The molecule has 0 aliphatic carbocycles. The third kappa shape index (κ3) is 51.5. The zero-order valence-electron chi connectivity index (χ0n) is 44.9. The average Bonchev–Trinajstić information content (AvgIpc) is 3.33. The number of carbonyl (C=O) groups is 3. The molecule has 68 heavy (non-hydrogen) atoms. The molecule has 12 heteroatoms. The average molecular weight is 971 g/mol. The fraction of sp³-hybridized carbons (Fsp3) is 0.946. The molecule has 1 N–H and O–H groups in total. The van der Waals surface area contributed by atoms with Crippen molar-refractivity contribution in [1.82, 2.24) is 9.80 Å². The Kier molecular flexibility index (Phi) is 53.7. The minimum absolute atomic E-state index is 0.153. The van der Waals surface area contributed by atoms with Gasteiger partial charge >= 0.3 is 18.5 Å². The van der Waals surface area contributed by atoms with Crippen molar-refractivity contribution in [1.29, 1.82) is 0 Å². The van der Waals surface area contributed by atoms with Crippen LogP contribution in [0, 0.1) is 0 Å². The van der Waals surface area contributed by atoms with Crippen molar-refractivity contribution in [2.75, 3.05) is 85.5 Å². The highest BCUT2D eigenvalue weighted by Gasteiger charge is 2.11. The van der Waals surface area contributed by atoms with E-state index in [0.717, 1.165) is 155 Å². The van der Waals surface area contributed by atoms with Gasteiger partial charge in [-0.05, 0) is 96.9 Å². The molecule has 12 nitrogen and oxygen atoms in total. The first-order chi connectivity index (χ1) is 33.5. The second-order valence-corrected chi connectivity index (χ2v) is 19.3. The summed E-state index contributed by atoms with van der Waals surface area (Å²) in [5.74, 6) is 0. The van der Waals surface area contributed by atoms with Crippen LogP contribution in [0.1, 0.15) is 258 Å². The van der Waals surface area contributed by atoms with E-state index in [4.69, 9.17) is 28.4 Å². The number of nitrogens with zero attached hydrogens (tertiary/aromatic N) is 2. The molecule has 0 atom stereocenters. The van der Waals surface area contributed by atoms with Gasteiger partial charge in [-0.1, -0.05) is 194 Å². The van der Waals surface area contributed by atoms with Gasteiger partial charge in [-0.3, -0.25) is 0 Å². The lowest BCUT2D eigenvalue weighted by Crippen LogP contribution is -2.33. The molecule has 0 fully saturated rings. The monoisotopic (exact) mass is 971 g/mol. The van der Waals surface area contributed by atoms with Crippen LogP contribution < -0.4 is 0 Å². The van der Waals surface area contributed by atoms with Crippen LogP contribution in [0.5, 0.6) is 0 Å². The highest BCUT2D eigenvalue weighted by atomic mass is 16.7. The van der Waals surface area contributed by atoms with E-state index in [0.29, 0.717) is 46.2 Å². The maximum atomic E-state index is 12.0. The van der Waals surface area contributed by atoms with Gasteiger partial charge in [0.1, 0.15) is 0 Å². The Balaban J connectivity index is 4.44. The topological polar surface area (TPSA) is 133 Å². The molecular weight excluding hydrogens is 861 g/mol. The molecular formula is C56H110N2O10. The van der Waals surface area contributed by atoms with Crippen molar-refractivity contribution < 1.29 is 47.9 Å². The highest BCUT2D eigenvalue weighted by Crippen LogP contribution is 2.13. The second-order valence-electron chi connectivity index (χ2n) is 19.3. The van der Waals surface area contributed by atoms with E-state index in [9.17, 15) is 19.5 Å². The molecule has 0 radical (unpaired) electrons. The summed E-state index contributed by atoms with van der Waals surface area (Å²) in [7, 11) is 0. The molecule has 0 unspecified atom stereocenters. The number of hydrogen-bond acceptors (Lipinski definition) is 12. The van der Waals surface area contributed by atoms with Gasteiger partial charge in [0.2, 0.25) is 0 Å². The van der Waals surface area contributed by atoms with Gasteiger partial charge in [0.25, 0.3) is 0 Å². The van der Waals surface area contributed by atoms with Crippen LogP contribution in [0.25, 0.3) is 0 Å². The molecule has 0 spiro atoms. The van der Waals surface area contributed by atoms with Gasteiger partial charge in [0, 0.05) is 6.54 Å². The highest BCUT2D eigenvalue weighted by molar-refractivity contribution is 5.60. The van der Waals surface area contributed by atoms with E-state index in [1.807, 2.05) is 0 Å². The fourth-order valence-electron chi connectivity index (χ4n) is 8.47. The Hall–Kier alpha value is -2.31. The number of rotatable bonds is 54. The summed E-state index contributed by atoms with van der Waals surface area (Å²) < 4.78 is 31.7. The van der Waals surface area contributed by atoms with E-state index in [1.165, 1.54) is 116 Å². The van der Waals surface area contributed by atoms with Crippen LogP contribution in [-0.4, -0.2) is 119 Å². The van der Waals surface area contributed by atoms with Crippen LogP contribution in [-0.2, 0) is 28.4 Å². The number of aliphatic hydroxyl groups is 1. The van der Waals surface area contributed by atoms with Crippen molar-refractivity contribution in [3.05, 3.63) is 0 Å². The Morgan fingerprint density at radius 1 is 0.265 bits per heavy atom. The van der Waals surface area contributed by atoms with Crippen molar-refractivity contribution in [3.63, 3.8) is 0 Å². The predicted molar refractivity (Wildman–Crippen MR) is 280 cm³/mol. The molecule has 0 rings (SSSR count). The first kappa shape index (κ1) is 65.7. The van der Waals surface area contributed by atoms with Gasteiger partial charge in [0.15, 0.2) is 0 Å². The number of carbonyl (C=O) groups excluding carboxylic acids is 3. The lowest BCUT2D eigenvalue weighted by molar-refractivity contribution is 0.0519. The van der Waals surface area contributed by atoms with E-state index < -0.39 is 18.5 Å². The number of hydrogen-bond donors (Lipinski definition) is 1. The molecule has 0 aromatic rings. The van der Waals surface area contributed by atoms with Crippen LogP contribution in [0.4, 0.5) is 14.4 Å². The van der Waals surface area contributed by atoms with Gasteiger partial charge in [-0.25, -0.2) is 14.4 Å². The van der Waals surface area contributed by atoms with Crippen LogP contribution in [0.2, 0.25) is 0 Å². The van der Waals surface area contributed by atoms with Crippen molar-refractivity contribution in [2.45, 2.75) is 258 Å². The molecule has 0 aromatic carbocycles. The quantitative estimate of drug-likeness (QED) is 0.0353. The third-order valence-electron chi connectivity index (χ3n) is 12.8. The molecule has 0 aromatic heterocycles. The number of ether oxygens (including phenoxy) is 6. The SMILES string of the molecule is CCCCCCCCCCOC(=O)OCCCCCCN(CCO)CCCN(CCCCCCOC(=O)OCCCCCCCCCC)CCCCCCOC(=O)OCCCCCCCCCC. The Labute approximate surface area is 418 Å². The zero-order valence-corrected chi connectivity index (χ0v) is 44.9. The Morgan fingerprint density at radius 2 is 0.456 bits per heavy atom. The first-order valence-electron chi connectivity index (χ1n) is 28.9. The van der Waals surface area contributed by atoms with Gasteiger partial charge < -0.3 is 43.3 Å². The molecule has 0 saturated carbocycles. The molecule has 404 valence electrons. The Morgan fingerprint density at radius 3 is 0.691 bits per heavy atom. The van der Waals surface area contributed by atoms with E-state index in [-0.39, 0.29) is 6.61 Å². The summed E-state index contributed by atoms with van der Waals surface area (Å²) in [6.45, 7) is 15.1. The standard InChI is InChI=1S/C56H110N2O10/c1-4-7-10-13-16-19-25-34-48-63-54(60)66-51-37-28-22-31-41-57(42-32-23-29-38-52-67-55(61)64-49-35-26-20-17-14-11-8-5-2)44-40-45-58(46-47-59)43-33-24-30-39-53-68-56(62)65-50-36-27-21-18-15-12-9-6-3/h59H,4-53H2,1-3H3. The van der Waals surface area contributed by atoms with Crippen LogP contribution in [0.15, 0.2) is 0 Å². The minimum atomic E-state index is -0.545. The molecule has 0 amide bonds. The molecule has 0 bridgehead atoms. The molecule has 0 saturated heterocycles. The minimum Gasteiger partial charge on any atom is -0.434 e. The summed E-state index contributed by atoms with van der Waals surface area (Å²) in [6.07, 6.45) is 40.5. The van der Waals surface area contributed by atoms with E-state index in [1.54, 1.807) is 0 Å². The largest absolute Gasteiger partial charge is 0.508 e. The van der Waals surface area contributed by atoms with Crippen molar-refractivity contribution >= 4 is 18.5 Å². The zero-order chi connectivity index (χ0) is 49.5. The summed E-state index contributed by atoms with van der Waals surface area (Å²) in [5.41, 5.74) is 0. The lowest BCUT2D eigenvalue weighted by atomic mass is 10.1. The van der Waals surface area contributed by atoms with E-state index >= 15 is 0 Å². The van der Waals surface area contributed by atoms with Gasteiger partial charge in [-0.2, -0.15) is 0 Å². The van der Waals surface area contributed by atoms with E-state index in [2.05, 4.69) is 30.6 Å². The summed E-state index contributed by atoms with van der Waals surface area (Å²) in [6, 6.07) is 0. The summed E-state index contributed by atoms with van der Waals surface area (Å²) in [5, 5.41) is 9.79. The third-order valence-corrected chi connectivity index (χ3v) is 12.8. The lowest BCUT2D eigenvalue weighted by Gasteiger charge is -2.26. The van der Waals surface area contributed by atoms with Crippen LogP contribution in [0.3, 0.4) is 0 Å². The smallest absolute Gasteiger partial charge is 0.434 e. The first-order valence-corrected chi connectivity index (χ1v) is 28.9. The normalized spacial score (nSPS) is 11.4. The number of unbranched alkanes of at least 4 members (excludes halogenated alkanes) is 30. The predicted octanol–water partition coefficient (Wildman–Crippen LogP) is 15.5. The Bertz CT molecular complexity index is 1010. The van der Waals surface area contributed by atoms with Crippen molar-refractivity contribution in [3.8, 4) is 0 Å². The van der Waals surface area contributed by atoms with Crippen molar-refractivity contribution in [2.24, 2.45) is 0 Å². The molecule has 0 aliphatic heterocycles. The maximum Gasteiger partial charge on any atom is 0.508 e. The molecule has 0 aliphatic rings. The van der Waals surface area contributed by atoms with Gasteiger partial charge in [0.05, 0.1) is 46.2 Å². The number of aliphatic hydroxyl groups excluding tert-OH is 1. The summed E-state index contributed by atoms with van der Waals surface area (Å²) >= 11 is 0. The fourth-order valence-corrected chi connectivity index (χ4v) is 8.47. The van der Waals surface area contributed by atoms with Crippen LogP contribution >= 0.6 is 0 Å². The van der Waals surface area contributed by atoms with Gasteiger partial charge in [-0.15, -0.1) is 0 Å². The summed E-state index contributed by atoms with van der Waals surface area (Å²) in [4.78, 5) is 40.9. The molecule has 0 heterocycles. The second kappa shape index (κ2) is 55.6.